The molecular formula is C8H8ClN3O3. The Labute approximate surface area is 90.3 Å². The summed E-state index contributed by atoms with van der Waals surface area (Å²) in [6.07, 6.45) is 1.07. The lowest BCUT2D eigenvalue weighted by Gasteiger charge is -2.02. The van der Waals surface area contributed by atoms with Gasteiger partial charge in [0.1, 0.15) is 5.82 Å². The smallest absolute Gasteiger partial charge is 0.303 e. The third-order valence-corrected chi connectivity index (χ3v) is 1.64. The summed E-state index contributed by atoms with van der Waals surface area (Å²) in [5.74, 6) is -1.19. The Morgan fingerprint density at radius 3 is 2.80 bits per heavy atom. The standard InChI is InChI=1S/C8H8ClN3O3/c9-8-10-4-3-5(12-8)11-6(13)1-2-7(14)15/h3-4H,1-2H2,(H,14,15)(H,10,11,12,13). The molecule has 2 N–H and O–H groups in total. The van der Waals surface area contributed by atoms with E-state index in [-0.39, 0.29) is 23.9 Å². The van der Waals surface area contributed by atoms with Gasteiger partial charge in [0.15, 0.2) is 0 Å². The number of hydrogen-bond donors (Lipinski definition) is 2. The van der Waals surface area contributed by atoms with E-state index in [0.29, 0.717) is 0 Å². The summed E-state index contributed by atoms with van der Waals surface area (Å²) in [6, 6.07) is 1.46. The second-order valence-corrected chi connectivity index (χ2v) is 2.99. The van der Waals surface area contributed by atoms with Crippen molar-refractivity contribution in [2.45, 2.75) is 12.8 Å². The predicted molar refractivity (Wildman–Crippen MR) is 52.5 cm³/mol. The summed E-state index contributed by atoms with van der Waals surface area (Å²) in [7, 11) is 0. The van der Waals surface area contributed by atoms with Crippen molar-refractivity contribution < 1.29 is 14.7 Å². The van der Waals surface area contributed by atoms with Gasteiger partial charge in [0, 0.05) is 12.6 Å². The second kappa shape index (κ2) is 5.26. The number of carbonyl (C=O) groups excluding carboxylic acids is 1. The van der Waals surface area contributed by atoms with Crippen LogP contribution in [-0.4, -0.2) is 27.0 Å². The van der Waals surface area contributed by atoms with E-state index >= 15 is 0 Å². The van der Waals surface area contributed by atoms with Crippen molar-refractivity contribution >= 4 is 29.3 Å². The quantitative estimate of drug-likeness (QED) is 0.750. The fraction of sp³-hybridized carbons (Fsp3) is 0.250. The third kappa shape index (κ3) is 4.37. The van der Waals surface area contributed by atoms with Gasteiger partial charge in [-0.05, 0) is 17.7 Å². The van der Waals surface area contributed by atoms with Crippen LogP contribution in [0, 0.1) is 0 Å². The largest absolute Gasteiger partial charge is 0.481 e. The summed E-state index contributed by atoms with van der Waals surface area (Å²) >= 11 is 5.49. The van der Waals surface area contributed by atoms with E-state index in [2.05, 4.69) is 15.3 Å². The summed E-state index contributed by atoms with van der Waals surface area (Å²) in [4.78, 5) is 28.7. The van der Waals surface area contributed by atoms with E-state index in [9.17, 15) is 9.59 Å². The summed E-state index contributed by atoms with van der Waals surface area (Å²) in [6.45, 7) is 0. The van der Waals surface area contributed by atoms with E-state index in [1.165, 1.54) is 12.3 Å². The fourth-order valence-corrected chi connectivity index (χ4v) is 0.978. The molecule has 0 bridgehead atoms. The molecular weight excluding hydrogens is 222 g/mol. The van der Waals surface area contributed by atoms with Crippen molar-refractivity contribution in [2.75, 3.05) is 5.32 Å². The molecule has 0 aromatic carbocycles. The van der Waals surface area contributed by atoms with Crippen molar-refractivity contribution in [1.82, 2.24) is 9.97 Å². The molecule has 7 heteroatoms. The zero-order chi connectivity index (χ0) is 11.3. The van der Waals surface area contributed by atoms with Crippen LogP contribution in [0.1, 0.15) is 12.8 Å². The Morgan fingerprint density at radius 1 is 1.47 bits per heavy atom. The second-order valence-electron chi connectivity index (χ2n) is 2.65. The Balaban J connectivity index is 2.48. The molecule has 15 heavy (non-hydrogen) atoms. The van der Waals surface area contributed by atoms with Gasteiger partial charge in [-0.15, -0.1) is 0 Å². The number of halogens is 1. The van der Waals surface area contributed by atoms with Gasteiger partial charge in [-0.2, -0.15) is 0 Å². The highest BCUT2D eigenvalue weighted by Crippen LogP contribution is 2.06. The van der Waals surface area contributed by atoms with Crippen molar-refractivity contribution in [3.05, 3.63) is 17.5 Å². The molecule has 80 valence electrons. The van der Waals surface area contributed by atoms with Gasteiger partial charge in [-0.3, -0.25) is 9.59 Å². The number of rotatable bonds is 4. The molecule has 1 aromatic heterocycles. The normalized spacial score (nSPS) is 9.67. The highest BCUT2D eigenvalue weighted by atomic mass is 35.5. The molecule has 1 rings (SSSR count). The van der Waals surface area contributed by atoms with Crippen LogP contribution in [0.15, 0.2) is 12.3 Å². The molecule has 1 amide bonds. The lowest BCUT2D eigenvalue weighted by atomic mass is 10.3. The minimum absolute atomic E-state index is 0.0195. The number of hydrogen-bond acceptors (Lipinski definition) is 4. The SMILES string of the molecule is O=C(O)CCC(=O)Nc1ccnc(Cl)n1. The molecule has 1 heterocycles. The van der Waals surface area contributed by atoms with Gasteiger partial charge in [0.25, 0.3) is 0 Å². The van der Waals surface area contributed by atoms with E-state index < -0.39 is 11.9 Å². The maximum Gasteiger partial charge on any atom is 0.303 e. The molecule has 6 nitrogen and oxygen atoms in total. The minimum Gasteiger partial charge on any atom is -0.481 e. The van der Waals surface area contributed by atoms with Crippen LogP contribution in [0.2, 0.25) is 5.28 Å². The number of carboxylic acid groups (broad SMARTS) is 1. The molecule has 0 aliphatic heterocycles. The first-order valence-electron chi connectivity index (χ1n) is 4.08. The summed E-state index contributed by atoms with van der Waals surface area (Å²) in [5.41, 5.74) is 0. The lowest BCUT2D eigenvalue weighted by molar-refractivity contribution is -0.138. The van der Waals surface area contributed by atoms with Gasteiger partial charge >= 0.3 is 5.97 Å². The molecule has 0 aliphatic carbocycles. The highest BCUT2D eigenvalue weighted by molar-refractivity contribution is 6.28. The van der Waals surface area contributed by atoms with E-state index in [4.69, 9.17) is 16.7 Å². The highest BCUT2D eigenvalue weighted by Gasteiger charge is 2.06. The summed E-state index contributed by atoms with van der Waals surface area (Å²) < 4.78 is 0. The first-order valence-corrected chi connectivity index (χ1v) is 4.46. The minimum atomic E-state index is -1.02. The summed E-state index contributed by atoms with van der Waals surface area (Å²) in [5, 5.41) is 10.8. The average Bonchev–Trinajstić information content (AvgIpc) is 2.15. The molecule has 0 saturated carbocycles. The van der Waals surface area contributed by atoms with Crippen molar-refractivity contribution in [3.8, 4) is 0 Å². The first-order chi connectivity index (χ1) is 7.08. The third-order valence-electron chi connectivity index (χ3n) is 1.46. The maximum atomic E-state index is 11.2. The number of amides is 1. The van der Waals surface area contributed by atoms with Crippen LogP contribution in [0.4, 0.5) is 5.82 Å². The molecule has 0 aliphatic rings. The van der Waals surface area contributed by atoms with Gasteiger partial charge in [0.2, 0.25) is 11.2 Å². The van der Waals surface area contributed by atoms with Gasteiger partial charge in [-0.1, -0.05) is 0 Å². The van der Waals surface area contributed by atoms with E-state index in [1.54, 1.807) is 0 Å². The zero-order valence-electron chi connectivity index (χ0n) is 7.61. The Bertz CT molecular complexity index is 383. The Kier molecular flexibility index (Phi) is 3.99. The number of anilines is 1. The topological polar surface area (TPSA) is 92.2 Å². The van der Waals surface area contributed by atoms with Crippen LogP contribution < -0.4 is 5.32 Å². The molecule has 0 radical (unpaired) electrons. The number of nitrogens with zero attached hydrogens (tertiary/aromatic N) is 2. The van der Waals surface area contributed by atoms with Crippen molar-refractivity contribution in [2.24, 2.45) is 0 Å². The average molecular weight is 230 g/mol. The Morgan fingerprint density at radius 2 is 2.20 bits per heavy atom. The van der Waals surface area contributed by atoms with Crippen LogP contribution in [-0.2, 0) is 9.59 Å². The molecule has 0 unspecified atom stereocenters. The monoisotopic (exact) mass is 229 g/mol. The van der Waals surface area contributed by atoms with Crippen molar-refractivity contribution in [3.63, 3.8) is 0 Å². The van der Waals surface area contributed by atoms with E-state index in [0.717, 1.165) is 0 Å². The van der Waals surface area contributed by atoms with E-state index in [1.807, 2.05) is 0 Å². The zero-order valence-corrected chi connectivity index (χ0v) is 8.36. The van der Waals surface area contributed by atoms with Crippen LogP contribution >= 0.6 is 11.6 Å². The van der Waals surface area contributed by atoms with Crippen LogP contribution in [0.25, 0.3) is 0 Å². The molecule has 0 spiro atoms. The van der Waals surface area contributed by atoms with Crippen LogP contribution in [0.5, 0.6) is 0 Å². The fourth-order valence-electron chi connectivity index (χ4n) is 0.830. The van der Waals surface area contributed by atoms with Gasteiger partial charge in [0.05, 0.1) is 6.42 Å². The molecule has 0 fully saturated rings. The Hall–Kier alpha value is -1.69. The molecule has 0 saturated heterocycles. The molecule has 0 atom stereocenters. The number of aliphatic carboxylic acids is 1. The first kappa shape index (κ1) is 11.4. The van der Waals surface area contributed by atoms with Gasteiger partial charge < -0.3 is 10.4 Å². The van der Waals surface area contributed by atoms with Gasteiger partial charge in [-0.25, -0.2) is 9.97 Å². The number of aromatic nitrogens is 2. The van der Waals surface area contributed by atoms with Crippen LogP contribution in [0.3, 0.4) is 0 Å². The number of carbonyl (C=O) groups is 2. The number of carboxylic acids is 1. The maximum absolute atomic E-state index is 11.2. The molecule has 1 aromatic rings. The lowest BCUT2D eigenvalue weighted by Crippen LogP contribution is -2.14. The van der Waals surface area contributed by atoms with Crippen molar-refractivity contribution in [1.29, 1.82) is 0 Å². The predicted octanol–water partition coefficient (Wildman–Crippen LogP) is 0.933. The number of nitrogens with one attached hydrogen (secondary N) is 1.